The third-order valence-electron chi connectivity index (χ3n) is 4.35. The Bertz CT molecular complexity index is 376. The van der Waals surface area contributed by atoms with Gasteiger partial charge in [-0.2, -0.15) is 0 Å². The first kappa shape index (κ1) is 23.4. The topological polar surface area (TPSA) is 60.0 Å². The van der Waals surface area contributed by atoms with Gasteiger partial charge in [-0.05, 0) is 32.4 Å². The Morgan fingerprint density at radius 2 is 2.00 bits per heavy atom. The van der Waals surface area contributed by atoms with Crippen molar-refractivity contribution in [2.75, 3.05) is 46.8 Å². The highest BCUT2D eigenvalue weighted by atomic mass is 127. The van der Waals surface area contributed by atoms with Crippen molar-refractivity contribution in [2.45, 2.75) is 52.0 Å². The van der Waals surface area contributed by atoms with Crippen LogP contribution in [0, 0.1) is 0 Å². The van der Waals surface area contributed by atoms with Crippen molar-refractivity contribution in [1.82, 2.24) is 20.4 Å². The lowest BCUT2D eigenvalue weighted by Crippen LogP contribution is -2.45. The van der Waals surface area contributed by atoms with E-state index in [1.807, 2.05) is 0 Å². The second-order valence-corrected chi connectivity index (χ2v) is 6.39. The molecule has 1 atom stereocenters. The van der Waals surface area contributed by atoms with Crippen LogP contribution in [0.4, 0.5) is 0 Å². The van der Waals surface area contributed by atoms with Crippen LogP contribution in [0.3, 0.4) is 0 Å². The van der Waals surface area contributed by atoms with Crippen LogP contribution in [-0.2, 0) is 4.79 Å². The summed E-state index contributed by atoms with van der Waals surface area (Å²) in [6.07, 6.45) is 6.05. The van der Waals surface area contributed by atoms with Crippen LogP contribution in [0.5, 0.6) is 0 Å². The number of hydrogen-bond acceptors (Lipinski definition) is 3. The molecule has 24 heavy (non-hydrogen) atoms. The van der Waals surface area contributed by atoms with Gasteiger partial charge in [0.2, 0.25) is 5.91 Å². The third-order valence-corrected chi connectivity index (χ3v) is 4.35. The molecule has 2 N–H and O–H groups in total. The summed E-state index contributed by atoms with van der Waals surface area (Å²) in [7, 11) is 3.52. The number of hydrogen-bond donors (Lipinski definition) is 2. The summed E-state index contributed by atoms with van der Waals surface area (Å²) in [6, 6.07) is 0.576. The first-order valence-corrected chi connectivity index (χ1v) is 9.04. The van der Waals surface area contributed by atoms with Crippen LogP contribution in [0.25, 0.3) is 0 Å². The Balaban J connectivity index is 0.00000529. The highest BCUT2D eigenvalue weighted by Gasteiger charge is 2.22. The predicted octanol–water partition coefficient (Wildman–Crippen LogP) is 1.90. The lowest BCUT2D eigenvalue weighted by Gasteiger charge is -2.24. The Morgan fingerprint density at radius 3 is 2.62 bits per heavy atom. The number of nitrogens with one attached hydrogen (secondary N) is 2. The maximum Gasteiger partial charge on any atom is 0.243 e. The minimum absolute atomic E-state index is 0. The van der Waals surface area contributed by atoms with Gasteiger partial charge in [0, 0.05) is 33.2 Å². The Hall–Kier alpha value is -0.570. The molecule has 0 radical (unpaired) electrons. The van der Waals surface area contributed by atoms with Gasteiger partial charge in [-0.1, -0.05) is 26.7 Å². The SMILES string of the molecule is CCCCCNC(=NCC(=O)N(C)C)NCC1CCCN1CC.I. The summed E-state index contributed by atoms with van der Waals surface area (Å²) in [5.41, 5.74) is 0. The zero-order chi connectivity index (χ0) is 17.1. The fraction of sp³-hybridized carbons (Fsp3) is 0.882. The summed E-state index contributed by atoms with van der Waals surface area (Å²) >= 11 is 0. The summed E-state index contributed by atoms with van der Waals surface area (Å²) in [5.74, 6) is 0.787. The molecule has 7 heteroatoms. The number of carbonyl (C=O) groups is 1. The lowest BCUT2D eigenvalue weighted by molar-refractivity contribution is -0.127. The Morgan fingerprint density at radius 1 is 1.25 bits per heavy atom. The van der Waals surface area contributed by atoms with Crippen molar-refractivity contribution in [2.24, 2.45) is 4.99 Å². The normalized spacial score (nSPS) is 18.2. The van der Waals surface area contributed by atoms with Crippen LogP contribution in [0.1, 0.15) is 46.0 Å². The number of halogens is 1. The average molecular weight is 453 g/mol. The molecule has 0 saturated carbocycles. The number of amides is 1. The molecule has 1 unspecified atom stereocenters. The Kier molecular flexibility index (Phi) is 13.4. The van der Waals surface area contributed by atoms with Crippen molar-refractivity contribution < 1.29 is 4.79 Å². The maximum absolute atomic E-state index is 11.7. The van der Waals surface area contributed by atoms with Crippen molar-refractivity contribution in [3.63, 3.8) is 0 Å². The quantitative estimate of drug-likeness (QED) is 0.242. The first-order valence-electron chi connectivity index (χ1n) is 9.04. The molecule has 0 aliphatic carbocycles. The summed E-state index contributed by atoms with van der Waals surface area (Å²) in [5, 5.41) is 6.78. The summed E-state index contributed by atoms with van der Waals surface area (Å²) in [6.45, 7) is 8.69. The van der Waals surface area contributed by atoms with Gasteiger partial charge in [0.25, 0.3) is 0 Å². The third kappa shape index (κ3) is 9.05. The zero-order valence-electron chi connectivity index (χ0n) is 15.8. The molecular weight excluding hydrogens is 417 g/mol. The van der Waals surface area contributed by atoms with E-state index in [1.54, 1.807) is 19.0 Å². The number of unbranched alkanes of at least 4 members (excludes halogenated alkanes) is 2. The fourth-order valence-corrected chi connectivity index (χ4v) is 2.80. The summed E-state index contributed by atoms with van der Waals surface area (Å²) in [4.78, 5) is 20.3. The monoisotopic (exact) mass is 453 g/mol. The molecule has 1 aliphatic heterocycles. The molecule has 142 valence electrons. The number of rotatable bonds is 9. The number of nitrogens with zero attached hydrogens (tertiary/aromatic N) is 3. The van der Waals surface area contributed by atoms with Gasteiger partial charge in [-0.3, -0.25) is 9.69 Å². The van der Waals surface area contributed by atoms with Crippen molar-refractivity contribution >= 4 is 35.8 Å². The van der Waals surface area contributed by atoms with Gasteiger partial charge < -0.3 is 15.5 Å². The molecule has 0 aromatic rings. The molecule has 6 nitrogen and oxygen atoms in total. The zero-order valence-corrected chi connectivity index (χ0v) is 18.1. The highest BCUT2D eigenvalue weighted by Crippen LogP contribution is 2.15. The van der Waals surface area contributed by atoms with E-state index >= 15 is 0 Å². The number of likely N-dealkylation sites (N-methyl/N-ethyl adjacent to an activating group) is 2. The van der Waals surface area contributed by atoms with Gasteiger partial charge >= 0.3 is 0 Å². The molecule has 0 aromatic heterocycles. The van der Waals surface area contributed by atoms with Gasteiger partial charge in [0.1, 0.15) is 6.54 Å². The molecule has 1 aliphatic rings. The van der Waals surface area contributed by atoms with Crippen LogP contribution < -0.4 is 10.6 Å². The van der Waals surface area contributed by atoms with E-state index in [4.69, 9.17) is 0 Å². The highest BCUT2D eigenvalue weighted by molar-refractivity contribution is 14.0. The van der Waals surface area contributed by atoms with E-state index in [2.05, 4.69) is 34.4 Å². The smallest absolute Gasteiger partial charge is 0.243 e. The van der Waals surface area contributed by atoms with Gasteiger partial charge in [0.05, 0.1) is 0 Å². The molecule has 1 rings (SSSR count). The maximum atomic E-state index is 11.7. The van der Waals surface area contributed by atoms with E-state index in [9.17, 15) is 4.79 Å². The van der Waals surface area contributed by atoms with E-state index < -0.39 is 0 Å². The molecule has 1 fully saturated rings. The molecule has 0 bridgehead atoms. The standard InChI is InChI=1S/C17H35N5O.HI/c1-5-7-8-11-18-17(20-14-16(23)21(3)4)19-13-15-10-9-12-22(15)6-2;/h15H,5-14H2,1-4H3,(H2,18,19,20);1H. The van der Waals surface area contributed by atoms with Crippen molar-refractivity contribution in [1.29, 1.82) is 0 Å². The molecule has 1 heterocycles. The second kappa shape index (κ2) is 13.7. The van der Waals surface area contributed by atoms with Crippen molar-refractivity contribution in [3.05, 3.63) is 0 Å². The van der Waals surface area contributed by atoms with Crippen LogP contribution in [0.15, 0.2) is 4.99 Å². The molecule has 1 amide bonds. The predicted molar refractivity (Wildman–Crippen MR) is 112 cm³/mol. The van der Waals surface area contributed by atoms with Gasteiger partial charge in [0.15, 0.2) is 5.96 Å². The lowest BCUT2D eigenvalue weighted by atomic mass is 10.2. The molecule has 0 aromatic carbocycles. The minimum Gasteiger partial charge on any atom is -0.356 e. The van der Waals surface area contributed by atoms with Crippen molar-refractivity contribution in [3.8, 4) is 0 Å². The van der Waals surface area contributed by atoms with E-state index in [0.29, 0.717) is 6.04 Å². The first-order chi connectivity index (χ1) is 11.1. The van der Waals surface area contributed by atoms with E-state index in [1.165, 1.54) is 32.2 Å². The molecule has 0 spiro atoms. The number of aliphatic imine (C=N–C) groups is 1. The van der Waals surface area contributed by atoms with E-state index in [0.717, 1.165) is 32.0 Å². The largest absolute Gasteiger partial charge is 0.356 e. The number of carbonyl (C=O) groups excluding carboxylic acids is 1. The minimum atomic E-state index is 0. The number of guanidine groups is 1. The molecule has 1 saturated heterocycles. The average Bonchev–Trinajstić information content (AvgIpc) is 3.00. The second-order valence-electron chi connectivity index (χ2n) is 6.39. The van der Waals surface area contributed by atoms with Crippen LogP contribution in [0.2, 0.25) is 0 Å². The number of likely N-dealkylation sites (tertiary alicyclic amines) is 1. The molecular formula is C17H36IN5O. The van der Waals surface area contributed by atoms with Crippen LogP contribution in [-0.4, -0.2) is 74.5 Å². The summed E-state index contributed by atoms with van der Waals surface area (Å²) < 4.78 is 0. The Labute approximate surface area is 164 Å². The van der Waals surface area contributed by atoms with Gasteiger partial charge in [-0.25, -0.2) is 4.99 Å². The van der Waals surface area contributed by atoms with Gasteiger partial charge in [-0.15, -0.1) is 24.0 Å². The fourth-order valence-electron chi connectivity index (χ4n) is 2.80. The van der Waals surface area contributed by atoms with E-state index in [-0.39, 0.29) is 36.4 Å². The van der Waals surface area contributed by atoms with Crippen LogP contribution >= 0.6 is 24.0 Å².